The number of nitrogens with zero attached hydrogens (tertiary/aromatic N) is 5. The van der Waals surface area contributed by atoms with Crippen LogP contribution in [0.15, 0.2) is 47.2 Å². The van der Waals surface area contributed by atoms with Crippen molar-refractivity contribution in [3.8, 4) is 16.9 Å². The number of aryl methyl sites for hydroxylation is 2. The average molecular weight is 683 g/mol. The highest BCUT2D eigenvalue weighted by Gasteiger charge is 2.35. The summed E-state index contributed by atoms with van der Waals surface area (Å²) in [6.45, 7) is 3.88. The van der Waals surface area contributed by atoms with Gasteiger partial charge in [-0.25, -0.2) is 9.67 Å². The Morgan fingerprint density at radius 3 is 2.57 bits per heavy atom. The lowest BCUT2D eigenvalue weighted by molar-refractivity contribution is -0.140. The van der Waals surface area contributed by atoms with Gasteiger partial charge in [-0.1, -0.05) is 27.5 Å². The standard InChI is InChI=1S/C26H20BrClF3N7O3S/c1-3-37-10-15(12(2)35-37)14-9-19(26(29,30)31)33-25-20(14)21(22(42-25)23(32)39)34-24(40)17-6-7-38(36-17)11-41-18-5-4-13(27)8-16(18)28/h4-10H,3,11H2,1-2H3,(H2,32,39)(H,34,40). The van der Waals surface area contributed by atoms with Crippen LogP contribution in [-0.4, -0.2) is 36.4 Å². The summed E-state index contributed by atoms with van der Waals surface area (Å²) in [7, 11) is 0. The molecule has 16 heteroatoms. The Kier molecular flexibility index (Phi) is 8.00. The minimum absolute atomic E-state index is 0.0494. The number of thiophene rings is 1. The highest BCUT2D eigenvalue weighted by molar-refractivity contribution is 9.10. The van der Waals surface area contributed by atoms with Crippen LogP contribution in [0.4, 0.5) is 18.9 Å². The topological polar surface area (TPSA) is 130 Å². The minimum Gasteiger partial charge on any atom is -0.470 e. The molecule has 3 N–H and O–H groups in total. The largest absolute Gasteiger partial charge is 0.470 e. The molecule has 0 spiro atoms. The van der Waals surface area contributed by atoms with E-state index < -0.39 is 23.7 Å². The fourth-order valence-corrected chi connectivity index (χ4v) is 5.89. The number of pyridine rings is 1. The lowest BCUT2D eigenvalue weighted by Gasteiger charge is -2.11. The molecular formula is C26H20BrClF3N7O3S. The third-order valence-corrected chi connectivity index (χ3v) is 7.98. The number of anilines is 1. The number of amides is 2. The molecule has 0 bridgehead atoms. The minimum atomic E-state index is -4.77. The Bertz CT molecular complexity index is 1850. The van der Waals surface area contributed by atoms with Gasteiger partial charge >= 0.3 is 6.18 Å². The number of primary amides is 1. The molecule has 5 rings (SSSR count). The first kappa shape index (κ1) is 29.5. The summed E-state index contributed by atoms with van der Waals surface area (Å²) in [5, 5.41) is 11.7. The van der Waals surface area contributed by atoms with Gasteiger partial charge in [0.2, 0.25) is 0 Å². The molecule has 0 saturated carbocycles. The molecule has 0 aliphatic rings. The van der Waals surface area contributed by atoms with Crippen LogP contribution < -0.4 is 15.8 Å². The van der Waals surface area contributed by atoms with Crippen LogP contribution in [0, 0.1) is 6.92 Å². The Morgan fingerprint density at radius 2 is 1.93 bits per heavy atom. The second kappa shape index (κ2) is 11.4. The van der Waals surface area contributed by atoms with Crippen LogP contribution in [0.1, 0.15) is 38.5 Å². The number of benzene rings is 1. The molecule has 5 aromatic rings. The van der Waals surface area contributed by atoms with Gasteiger partial charge < -0.3 is 15.8 Å². The summed E-state index contributed by atoms with van der Waals surface area (Å²) >= 11 is 10.1. The number of carbonyl (C=O) groups excluding carboxylic acids is 2. The smallest absolute Gasteiger partial charge is 0.433 e. The molecule has 4 heterocycles. The number of aromatic nitrogens is 5. The lowest BCUT2D eigenvalue weighted by Crippen LogP contribution is -2.18. The Labute approximate surface area is 253 Å². The summed E-state index contributed by atoms with van der Waals surface area (Å²) in [6.07, 6.45) is -1.68. The zero-order valence-electron chi connectivity index (χ0n) is 21.8. The SMILES string of the molecule is CCn1cc(-c2cc(C(F)(F)F)nc3sc(C(N)=O)c(NC(=O)c4ccn(COc5ccc(Br)cc5Cl)n4)c23)c(C)n1. The molecule has 1 aromatic carbocycles. The van der Waals surface area contributed by atoms with E-state index in [0.29, 0.717) is 39.9 Å². The molecule has 0 saturated heterocycles. The van der Waals surface area contributed by atoms with Gasteiger partial charge in [-0.05, 0) is 49.7 Å². The van der Waals surface area contributed by atoms with Gasteiger partial charge in [0.15, 0.2) is 12.4 Å². The summed E-state index contributed by atoms with van der Waals surface area (Å²) in [5.41, 5.74) is 5.23. The molecular weight excluding hydrogens is 663 g/mol. The first-order valence-electron chi connectivity index (χ1n) is 12.2. The van der Waals surface area contributed by atoms with Crippen molar-refractivity contribution in [1.82, 2.24) is 24.5 Å². The molecule has 0 unspecified atom stereocenters. The van der Waals surface area contributed by atoms with Crippen LogP contribution in [0.2, 0.25) is 5.02 Å². The summed E-state index contributed by atoms with van der Waals surface area (Å²) in [4.78, 5) is 29.1. The summed E-state index contributed by atoms with van der Waals surface area (Å²) < 4.78 is 50.8. The van der Waals surface area contributed by atoms with Crippen LogP contribution in [0.5, 0.6) is 5.75 Å². The van der Waals surface area contributed by atoms with Crippen molar-refractivity contribution in [3.05, 3.63) is 74.2 Å². The maximum absolute atomic E-state index is 13.8. The molecule has 0 atom stereocenters. The fourth-order valence-electron chi connectivity index (χ4n) is 4.15. The monoisotopic (exact) mass is 681 g/mol. The molecule has 0 fully saturated rings. The first-order valence-corrected chi connectivity index (χ1v) is 14.2. The van der Waals surface area contributed by atoms with Gasteiger partial charge in [0.05, 0.1) is 16.4 Å². The Hall–Kier alpha value is -3.95. The van der Waals surface area contributed by atoms with Gasteiger partial charge in [-0.2, -0.15) is 23.4 Å². The molecule has 0 aliphatic heterocycles. The van der Waals surface area contributed by atoms with Crippen molar-refractivity contribution < 1.29 is 27.5 Å². The predicted octanol–water partition coefficient (Wildman–Crippen LogP) is 6.51. The molecule has 0 radical (unpaired) electrons. The maximum atomic E-state index is 13.8. The van der Waals surface area contributed by atoms with E-state index in [-0.39, 0.29) is 38.8 Å². The zero-order valence-corrected chi connectivity index (χ0v) is 25.0. The van der Waals surface area contributed by atoms with E-state index in [1.54, 1.807) is 36.0 Å². The number of carbonyl (C=O) groups is 2. The van der Waals surface area contributed by atoms with E-state index in [1.807, 2.05) is 6.92 Å². The van der Waals surface area contributed by atoms with Crippen molar-refractivity contribution in [1.29, 1.82) is 0 Å². The fraction of sp³-hybridized carbons (Fsp3) is 0.192. The third-order valence-electron chi connectivity index (χ3n) is 6.09. The number of rotatable bonds is 8. The Balaban J connectivity index is 1.53. The van der Waals surface area contributed by atoms with Gasteiger partial charge in [0.25, 0.3) is 11.8 Å². The van der Waals surface area contributed by atoms with Crippen LogP contribution in [0.3, 0.4) is 0 Å². The lowest BCUT2D eigenvalue weighted by atomic mass is 10.0. The van der Waals surface area contributed by atoms with Gasteiger partial charge in [0, 0.05) is 34.4 Å². The van der Waals surface area contributed by atoms with Gasteiger partial charge in [-0.15, -0.1) is 11.3 Å². The van der Waals surface area contributed by atoms with E-state index in [9.17, 15) is 22.8 Å². The summed E-state index contributed by atoms with van der Waals surface area (Å²) in [6, 6.07) is 7.37. The van der Waals surface area contributed by atoms with E-state index >= 15 is 0 Å². The molecule has 2 amide bonds. The van der Waals surface area contributed by atoms with Crippen molar-refractivity contribution in [2.45, 2.75) is 33.3 Å². The van der Waals surface area contributed by atoms with Crippen molar-refractivity contribution in [3.63, 3.8) is 0 Å². The molecule has 0 aliphatic carbocycles. The van der Waals surface area contributed by atoms with E-state index in [0.717, 1.165) is 10.5 Å². The normalized spacial score (nSPS) is 11.7. The third kappa shape index (κ3) is 5.84. The molecule has 218 valence electrons. The maximum Gasteiger partial charge on any atom is 0.433 e. The van der Waals surface area contributed by atoms with Crippen molar-refractivity contribution in [2.24, 2.45) is 5.73 Å². The van der Waals surface area contributed by atoms with Crippen molar-refractivity contribution >= 4 is 66.6 Å². The van der Waals surface area contributed by atoms with E-state index in [2.05, 4.69) is 36.4 Å². The number of fused-ring (bicyclic) bond motifs is 1. The number of hydrogen-bond donors (Lipinski definition) is 2. The van der Waals surface area contributed by atoms with Gasteiger partial charge in [0.1, 0.15) is 21.2 Å². The predicted molar refractivity (Wildman–Crippen MR) is 155 cm³/mol. The number of nitrogens with one attached hydrogen (secondary N) is 1. The highest BCUT2D eigenvalue weighted by atomic mass is 79.9. The number of hydrogen-bond acceptors (Lipinski definition) is 7. The Morgan fingerprint density at radius 1 is 1.17 bits per heavy atom. The van der Waals surface area contributed by atoms with E-state index in [4.69, 9.17) is 22.1 Å². The second-order valence-corrected chi connectivity index (χ2v) is 11.3. The quantitative estimate of drug-likeness (QED) is 0.192. The number of alkyl halides is 3. The van der Waals surface area contributed by atoms with Gasteiger partial charge in [-0.3, -0.25) is 14.3 Å². The summed E-state index contributed by atoms with van der Waals surface area (Å²) in [5.74, 6) is -1.28. The molecule has 4 aromatic heterocycles. The zero-order chi connectivity index (χ0) is 30.3. The molecule has 10 nitrogen and oxygen atoms in total. The number of ether oxygens (including phenoxy) is 1. The average Bonchev–Trinajstić information content (AvgIpc) is 3.64. The van der Waals surface area contributed by atoms with E-state index in [1.165, 1.54) is 16.9 Å². The number of halogens is 5. The number of nitrogens with two attached hydrogens (primary N) is 1. The second-order valence-electron chi connectivity index (χ2n) is 8.93. The van der Waals surface area contributed by atoms with Crippen LogP contribution in [-0.2, 0) is 19.5 Å². The first-order chi connectivity index (χ1) is 19.8. The molecule has 42 heavy (non-hydrogen) atoms. The van der Waals surface area contributed by atoms with Crippen LogP contribution in [0.25, 0.3) is 21.3 Å². The highest BCUT2D eigenvalue weighted by Crippen LogP contribution is 2.44. The van der Waals surface area contributed by atoms with Crippen LogP contribution >= 0.6 is 38.9 Å². The van der Waals surface area contributed by atoms with Crippen molar-refractivity contribution in [2.75, 3.05) is 5.32 Å².